The molecular formula is C16H24N6O. The highest BCUT2D eigenvalue weighted by Gasteiger charge is 2.24. The molecule has 1 amide bonds. The standard InChI is InChI=1S/C16H24N6O/c1-5-21-6-8-22(9-7-21)16(23)14-10-13(17-18-14)15-11(2)19-20(4)12(15)3/h10H,5-9H2,1-4H3,(H,17,18). The fraction of sp³-hybridized carbons (Fsp3) is 0.562. The minimum Gasteiger partial charge on any atom is -0.335 e. The predicted molar refractivity (Wildman–Crippen MR) is 88.3 cm³/mol. The van der Waals surface area contributed by atoms with E-state index in [2.05, 4.69) is 27.1 Å². The Balaban J connectivity index is 1.78. The summed E-state index contributed by atoms with van der Waals surface area (Å²) in [6, 6.07) is 1.84. The Morgan fingerprint density at radius 1 is 1.26 bits per heavy atom. The SMILES string of the molecule is CCN1CCN(C(=O)c2cc(-c3c(C)nn(C)c3C)n[nH]2)CC1. The zero-order valence-corrected chi connectivity index (χ0v) is 14.3. The number of likely N-dealkylation sites (N-methyl/N-ethyl adjacent to an activating group) is 1. The van der Waals surface area contributed by atoms with Gasteiger partial charge in [0.15, 0.2) is 0 Å². The van der Waals surface area contributed by atoms with Crippen molar-refractivity contribution in [2.24, 2.45) is 7.05 Å². The Labute approximate surface area is 136 Å². The number of aryl methyl sites for hydroxylation is 2. The fourth-order valence-electron chi connectivity index (χ4n) is 3.14. The molecule has 1 fully saturated rings. The van der Waals surface area contributed by atoms with Crippen LogP contribution in [0.1, 0.15) is 28.8 Å². The molecule has 7 nitrogen and oxygen atoms in total. The third-order valence-corrected chi connectivity index (χ3v) is 4.68. The Morgan fingerprint density at radius 2 is 1.96 bits per heavy atom. The number of aromatic nitrogens is 4. The topological polar surface area (TPSA) is 70.0 Å². The van der Waals surface area contributed by atoms with Gasteiger partial charge in [-0.1, -0.05) is 6.92 Å². The van der Waals surface area contributed by atoms with Crippen LogP contribution in [0.4, 0.5) is 0 Å². The molecule has 2 aromatic rings. The van der Waals surface area contributed by atoms with Crippen LogP contribution in [0.5, 0.6) is 0 Å². The molecule has 0 aromatic carbocycles. The molecule has 7 heteroatoms. The number of rotatable bonds is 3. The van der Waals surface area contributed by atoms with E-state index in [1.807, 2.05) is 36.5 Å². The average molecular weight is 316 g/mol. The largest absolute Gasteiger partial charge is 0.335 e. The van der Waals surface area contributed by atoms with Crippen molar-refractivity contribution < 1.29 is 4.79 Å². The lowest BCUT2D eigenvalue weighted by Crippen LogP contribution is -2.48. The summed E-state index contributed by atoms with van der Waals surface area (Å²) in [5, 5.41) is 11.6. The first-order valence-electron chi connectivity index (χ1n) is 8.08. The van der Waals surface area contributed by atoms with Gasteiger partial charge in [-0.3, -0.25) is 14.6 Å². The number of piperazine rings is 1. The molecule has 1 aliphatic heterocycles. The highest BCUT2D eigenvalue weighted by atomic mass is 16.2. The number of carbonyl (C=O) groups excluding carboxylic acids is 1. The molecule has 1 saturated heterocycles. The van der Waals surface area contributed by atoms with Gasteiger partial charge in [0, 0.05) is 44.5 Å². The minimum absolute atomic E-state index is 0.0266. The molecule has 0 radical (unpaired) electrons. The first-order chi connectivity index (χ1) is 11.0. The Morgan fingerprint density at radius 3 is 2.52 bits per heavy atom. The molecule has 3 heterocycles. The summed E-state index contributed by atoms with van der Waals surface area (Å²) in [7, 11) is 1.91. The number of aromatic amines is 1. The monoisotopic (exact) mass is 316 g/mol. The normalized spacial score (nSPS) is 16.1. The van der Waals surface area contributed by atoms with E-state index >= 15 is 0 Å². The summed E-state index contributed by atoms with van der Waals surface area (Å²) in [6.07, 6.45) is 0. The molecule has 0 unspecified atom stereocenters. The molecule has 0 bridgehead atoms. The van der Waals surface area contributed by atoms with Crippen molar-refractivity contribution in [2.45, 2.75) is 20.8 Å². The van der Waals surface area contributed by atoms with E-state index < -0.39 is 0 Å². The van der Waals surface area contributed by atoms with E-state index in [0.717, 1.165) is 55.4 Å². The Bertz CT molecular complexity index is 708. The number of carbonyl (C=O) groups is 1. The first kappa shape index (κ1) is 15.7. The highest BCUT2D eigenvalue weighted by Crippen LogP contribution is 2.25. The molecule has 0 saturated carbocycles. The first-order valence-corrected chi connectivity index (χ1v) is 8.08. The maximum Gasteiger partial charge on any atom is 0.271 e. The smallest absolute Gasteiger partial charge is 0.271 e. The zero-order valence-electron chi connectivity index (χ0n) is 14.3. The third kappa shape index (κ3) is 2.88. The number of nitrogens with one attached hydrogen (secondary N) is 1. The highest BCUT2D eigenvalue weighted by molar-refractivity contribution is 5.93. The molecule has 3 rings (SSSR count). The van der Waals surface area contributed by atoms with Crippen LogP contribution in [0.25, 0.3) is 11.3 Å². The fourth-order valence-corrected chi connectivity index (χ4v) is 3.14. The van der Waals surface area contributed by atoms with Crippen molar-refractivity contribution in [1.29, 1.82) is 0 Å². The van der Waals surface area contributed by atoms with Gasteiger partial charge in [0.05, 0.1) is 11.4 Å². The molecule has 0 atom stereocenters. The molecule has 2 aromatic heterocycles. The van der Waals surface area contributed by atoms with Crippen LogP contribution in [0.3, 0.4) is 0 Å². The molecule has 1 N–H and O–H groups in total. The summed E-state index contributed by atoms with van der Waals surface area (Å²) in [5.74, 6) is 0.0266. The van der Waals surface area contributed by atoms with Crippen LogP contribution in [0.15, 0.2) is 6.07 Å². The second-order valence-corrected chi connectivity index (χ2v) is 6.06. The average Bonchev–Trinajstić information content (AvgIpc) is 3.12. The van der Waals surface area contributed by atoms with Crippen LogP contribution >= 0.6 is 0 Å². The summed E-state index contributed by atoms with van der Waals surface area (Å²) < 4.78 is 1.84. The van der Waals surface area contributed by atoms with Gasteiger partial charge >= 0.3 is 0 Å². The third-order valence-electron chi connectivity index (χ3n) is 4.68. The van der Waals surface area contributed by atoms with E-state index in [4.69, 9.17) is 0 Å². The number of hydrogen-bond acceptors (Lipinski definition) is 4. The number of H-pyrrole nitrogens is 1. The molecule has 1 aliphatic rings. The molecular weight excluding hydrogens is 292 g/mol. The van der Waals surface area contributed by atoms with Crippen molar-refractivity contribution in [2.75, 3.05) is 32.7 Å². The molecule has 124 valence electrons. The van der Waals surface area contributed by atoms with E-state index in [1.54, 1.807) is 0 Å². The van der Waals surface area contributed by atoms with Crippen molar-refractivity contribution in [1.82, 2.24) is 29.8 Å². The summed E-state index contributed by atoms with van der Waals surface area (Å²) in [6.45, 7) is 10.6. The lowest BCUT2D eigenvalue weighted by atomic mass is 10.1. The van der Waals surface area contributed by atoms with Crippen molar-refractivity contribution >= 4 is 5.91 Å². The summed E-state index contributed by atoms with van der Waals surface area (Å²) >= 11 is 0. The van der Waals surface area contributed by atoms with E-state index in [0.29, 0.717) is 5.69 Å². The summed E-state index contributed by atoms with van der Waals surface area (Å²) in [5.41, 5.74) is 4.30. The van der Waals surface area contributed by atoms with E-state index in [9.17, 15) is 4.79 Å². The van der Waals surface area contributed by atoms with Crippen molar-refractivity contribution in [3.8, 4) is 11.3 Å². The van der Waals surface area contributed by atoms with Gasteiger partial charge in [-0.15, -0.1) is 0 Å². The van der Waals surface area contributed by atoms with Crippen LogP contribution in [-0.4, -0.2) is 68.4 Å². The van der Waals surface area contributed by atoms with Crippen molar-refractivity contribution in [3.05, 3.63) is 23.1 Å². The predicted octanol–water partition coefficient (Wildman–Crippen LogP) is 1.20. The van der Waals surface area contributed by atoms with Crippen molar-refractivity contribution in [3.63, 3.8) is 0 Å². The number of nitrogens with zero attached hydrogens (tertiary/aromatic N) is 5. The van der Waals surface area contributed by atoms with E-state index in [1.165, 1.54) is 0 Å². The van der Waals surface area contributed by atoms with Gasteiger partial charge in [-0.05, 0) is 26.5 Å². The lowest BCUT2D eigenvalue weighted by Gasteiger charge is -2.33. The van der Waals surface area contributed by atoms with E-state index in [-0.39, 0.29) is 5.91 Å². The Hall–Kier alpha value is -2.15. The van der Waals surface area contributed by atoms with Gasteiger partial charge in [-0.25, -0.2) is 0 Å². The quantitative estimate of drug-likeness (QED) is 0.924. The lowest BCUT2D eigenvalue weighted by molar-refractivity contribution is 0.0637. The minimum atomic E-state index is 0.0266. The van der Waals surface area contributed by atoms with Crippen LogP contribution in [-0.2, 0) is 7.05 Å². The Kier molecular flexibility index (Phi) is 4.21. The van der Waals surface area contributed by atoms with Gasteiger partial charge in [-0.2, -0.15) is 10.2 Å². The second kappa shape index (κ2) is 6.16. The molecule has 0 aliphatic carbocycles. The second-order valence-electron chi connectivity index (χ2n) is 6.06. The molecule has 23 heavy (non-hydrogen) atoms. The summed E-state index contributed by atoms with van der Waals surface area (Å²) in [4.78, 5) is 16.9. The van der Waals surface area contributed by atoms with Gasteiger partial charge < -0.3 is 9.80 Å². The molecule has 0 spiro atoms. The maximum atomic E-state index is 12.6. The number of hydrogen-bond donors (Lipinski definition) is 1. The zero-order chi connectivity index (χ0) is 16.6. The van der Waals surface area contributed by atoms with Gasteiger partial charge in [0.25, 0.3) is 5.91 Å². The van der Waals surface area contributed by atoms with Gasteiger partial charge in [0.1, 0.15) is 5.69 Å². The van der Waals surface area contributed by atoms with Crippen LogP contribution in [0, 0.1) is 13.8 Å². The number of amides is 1. The van der Waals surface area contributed by atoms with Gasteiger partial charge in [0.2, 0.25) is 0 Å². The maximum absolute atomic E-state index is 12.6. The van der Waals surface area contributed by atoms with Crippen LogP contribution < -0.4 is 0 Å². The van der Waals surface area contributed by atoms with Crippen LogP contribution in [0.2, 0.25) is 0 Å².